The number of rotatable bonds is 4. The molecule has 0 bridgehead atoms. The first-order valence-corrected chi connectivity index (χ1v) is 10.8. The molecule has 168 valence electrons. The molecule has 1 amide bonds. The molecule has 1 aromatic heterocycles. The number of carboxylic acids is 1. The number of aromatic nitrogens is 2. The van der Waals surface area contributed by atoms with Crippen molar-refractivity contribution in [1.82, 2.24) is 9.78 Å². The normalized spacial score (nSPS) is 14.8. The maximum atomic E-state index is 13.2. The van der Waals surface area contributed by atoms with E-state index in [0.29, 0.717) is 17.0 Å². The van der Waals surface area contributed by atoms with Crippen molar-refractivity contribution in [2.45, 2.75) is 20.8 Å². The zero-order valence-corrected chi connectivity index (χ0v) is 19.0. The molecule has 1 N–H and O–H groups in total. The van der Waals surface area contributed by atoms with Crippen LogP contribution in [-0.4, -0.2) is 32.5 Å². The first-order chi connectivity index (χ1) is 16.3. The standard InChI is InChI=1S/C27H22N4O3/c1-16-23(18(3)30(28-16)25-10-6-8-19-7-4-5-9-22(19)25)15-24-17(2)29-31(26(24)32)21-13-11-20(12-14-21)27(33)34/h4-15H,1-3H3,(H,33,34)/b24-15+. The van der Waals surface area contributed by atoms with E-state index in [1.165, 1.54) is 17.1 Å². The number of benzene rings is 3. The lowest BCUT2D eigenvalue weighted by Crippen LogP contribution is -2.21. The van der Waals surface area contributed by atoms with Crippen LogP contribution in [0.25, 0.3) is 22.5 Å². The molecule has 7 nitrogen and oxygen atoms in total. The van der Waals surface area contributed by atoms with Crippen LogP contribution in [0.4, 0.5) is 5.69 Å². The van der Waals surface area contributed by atoms with Crippen molar-refractivity contribution in [3.05, 3.63) is 94.8 Å². The summed E-state index contributed by atoms with van der Waals surface area (Å²) in [7, 11) is 0. The molecule has 0 saturated carbocycles. The Balaban J connectivity index is 1.53. The Hall–Kier alpha value is -4.52. The number of hydrogen-bond donors (Lipinski definition) is 1. The van der Waals surface area contributed by atoms with Gasteiger partial charge in [0.05, 0.1) is 33.9 Å². The Morgan fingerprint density at radius 1 is 0.941 bits per heavy atom. The van der Waals surface area contributed by atoms with Gasteiger partial charge in [-0.1, -0.05) is 36.4 Å². The van der Waals surface area contributed by atoms with Gasteiger partial charge in [-0.2, -0.15) is 15.2 Å². The molecule has 0 aliphatic carbocycles. The number of aryl methyl sites for hydroxylation is 1. The van der Waals surface area contributed by atoms with Crippen molar-refractivity contribution in [3.8, 4) is 5.69 Å². The number of fused-ring (bicyclic) bond motifs is 1. The average Bonchev–Trinajstić information content (AvgIpc) is 3.28. The third-order valence-corrected chi connectivity index (χ3v) is 6.05. The van der Waals surface area contributed by atoms with Crippen molar-refractivity contribution >= 4 is 40.1 Å². The van der Waals surface area contributed by atoms with Gasteiger partial charge in [-0.25, -0.2) is 9.48 Å². The number of anilines is 1. The SMILES string of the molecule is CC1=NN(c2ccc(C(=O)O)cc2)C(=O)/C1=C/c1c(C)nn(-c2cccc3ccccc23)c1C. The van der Waals surface area contributed by atoms with Gasteiger partial charge in [-0.15, -0.1) is 0 Å². The summed E-state index contributed by atoms with van der Waals surface area (Å²) in [5, 5.41) is 21.8. The summed E-state index contributed by atoms with van der Waals surface area (Å²) in [4.78, 5) is 24.3. The molecule has 5 rings (SSSR count). The van der Waals surface area contributed by atoms with Crippen LogP contribution in [0.2, 0.25) is 0 Å². The molecule has 0 atom stereocenters. The lowest BCUT2D eigenvalue weighted by molar-refractivity contribution is -0.114. The molecule has 0 spiro atoms. The van der Waals surface area contributed by atoms with Crippen molar-refractivity contribution in [2.75, 3.05) is 5.01 Å². The molecule has 0 radical (unpaired) electrons. The van der Waals surface area contributed by atoms with Crippen LogP contribution in [-0.2, 0) is 4.79 Å². The van der Waals surface area contributed by atoms with Gasteiger partial charge in [-0.3, -0.25) is 4.79 Å². The Morgan fingerprint density at radius 3 is 2.38 bits per heavy atom. The summed E-state index contributed by atoms with van der Waals surface area (Å²) in [6.07, 6.45) is 1.84. The second-order valence-electron chi connectivity index (χ2n) is 8.21. The number of hydrazone groups is 1. The number of aromatic carboxylic acids is 1. The van der Waals surface area contributed by atoms with E-state index in [0.717, 1.165) is 33.4 Å². The Bertz CT molecular complexity index is 1520. The van der Waals surface area contributed by atoms with E-state index in [4.69, 9.17) is 10.2 Å². The van der Waals surface area contributed by atoms with Crippen LogP contribution in [0, 0.1) is 13.8 Å². The number of hydrogen-bond acceptors (Lipinski definition) is 4. The van der Waals surface area contributed by atoms with Gasteiger partial charge in [-0.05, 0) is 62.6 Å². The molecular formula is C27H22N4O3. The first kappa shape index (κ1) is 21.3. The molecule has 4 aromatic rings. The summed E-state index contributed by atoms with van der Waals surface area (Å²) < 4.78 is 1.92. The minimum atomic E-state index is -1.02. The lowest BCUT2D eigenvalue weighted by Gasteiger charge is -2.12. The maximum absolute atomic E-state index is 13.2. The Labute approximate surface area is 196 Å². The van der Waals surface area contributed by atoms with Gasteiger partial charge in [0.25, 0.3) is 5.91 Å². The van der Waals surface area contributed by atoms with Crippen LogP contribution in [0.5, 0.6) is 0 Å². The quantitative estimate of drug-likeness (QED) is 0.436. The Morgan fingerprint density at radius 2 is 1.65 bits per heavy atom. The van der Waals surface area contributed by atoms with Gasteiger partial charge in [0, 0.05) is 16.6 Å². The van der Waals surface area contributed by atoms with Crippen molar-refractivity contribution in [1.29, 1.82) is 0 Å². The van der Waals surface area contributed by atoms with E-state index >= 15 is 0 Å². The van der Waals surface area contributed by atoms with Gasteiger partial charge >= 0.3 is 5.97 Å². The highest BCUT2D eigenvalue weighted by molar-refractivity contribution is 6.32. The molecule has 1 aliphatic rings. The summed E-state index contributed by atoms with van der Waals surface area (Å²) in [6, 6.07) is 20.4. The number of carbonyl (C=O) groups is 2. The van der Waals surface area contributed by atoms with E-state index in [1.807, 2.05) is 48.9 Å². The minimum Gasteiger partial charge on any atom is -0.478 e. The summed E-state index contributed by atoms with van der Waals surface area (Å²) in [6.45, 7) is 5.70. The lowest BCUT2D eigenvalue weighted by atomic mass is 10.1. The van der Waals surface area contributed by atoms with Crippen molar-refractivity contribution < 1.29 is 14.7 Å². The number of carbonyl (C=O) groups excluding carboxylic acids is 1. The number of amides is 1. The molecule has 2 heterocycles. The molecule has 0 fully saturated rings. The van der Waals surface area contributed by atoms with Crippen molar-refractivity contribution in [3.63, 3.8) is 0 Å². The van der Waals surface area contributed by atoms with Gasteiger partial charge in [0.2, 0.25) is 0 Å². The van der Waals surface area contributed by atoms with Crippen LogP contribution < -0.4 is 5.01 Å². The van der Waals surface area contributed by atoms with Crippen LogP contribution in [0.15, 0.2) is 77.4 Å². The summed E-state index contributed by atoms with van der Waals surface area (Å²) in [5.74, 6) is -1.29. The predicted molar refractivity (Wildman–Crippen MR) is 133 cm³/mol. The van der Waals surface area contributed by atoms with Crippen LogP contribution in [0.3, 0.4) is 0 Å². The first-order valence-electron chi connectivity index (χ1n) is 10.8. The fourth-order valence-electron chi connectivity index (χ4n) is 4.24. The maximum Gasteiger partial charge on any atom is 0.335 e. The molecule has 0 saturated heterocycles. The van der Waals surface area contributed by atoms with Crippen molar-refractivity contribution in [2.24, 2.45) is 5.10 Å². The summed E-state index contributed by atoms with van der Waals surface area (Å²) in [5.41, 5.74) is 5.31. The van der Waals surface area contributed by atoms with Gasteiger partial charge in [0.15, 0.2) is 0 Å². The van der Waals surface area contributed by atoms with Crippen LogP contribution >= 0.6 is 0 Å². The smallest absolute Gasteiger partial charge is 0.335 e. The van der Waals surface area contributed by atoms with Gasteiger partial charge in [0.1, 0.15) is 0 Å². The highest BCUT2D eigenvalue weighted by atomic mass is 16.4. The van der Waals surface area contributed by atoms with Gasteiger partial charge < -0.3 is 5.11 Å². The van der Waals surface area contributed by atoms with E-state index in [2.05, 4.69) is 23.3 Å². The molecule has 3 aromatic carbocycles. The zero-order valence-electron chi connectivity index (χ0n) is 19.0. The van der Waals surface area contributed by atoms with Crippen LogP contribution in [0.1, 0.15) is 34.2 Å². The number of carboxylic acid groups (broad SMARTS) is 1. The van der Waals surface area contributed by atoms with E-state index in [9.17, 15) is 9.59 Å². The largest absolute Gasteiger partial charge is 0.478 e. The second kappa shape index (κ2) is 8.12. The van der Waals surface area contributed by atoms with E-state index in [1.54, 1.807) is 19.1 Å². The third kappa shape index (κ3) is 3.47. The summed E-state index contributed by atoms with van der Waals surface area (Å²) >= 11 is 0. The minimum absolute atomic E-state index is 0.152. The predicted octanol–water partition coefficient (Wildman–Crippen LogP) is 5.15. The number of nitrogens with zero attached hydrogens (tertiary/aromatic N) is 4. The topological polar surface area (TPSA) is 87.8 Å². The molecule has 0 unspecified atom stereocenters. The molecular weight excluding hydrogens is 428 g/mol. The molecule has 34 heavy (non-hydrogen) atoms. The fraction of sp³-hybridized carbons (Fsp3) is 0.111. The monoisotopic (exact) mass is 450 g/mol. The average molecular weight is 450 g/mol. The molecule has 7 heteroatoms. The second-order valence-corrected chi connectivity index (χ2v) is 8.21. The van der Waals surface area contributed by atoms with E-state index in [-0.39, 0.29) is 11.5 Å². The Kier molecular flexibility index (Phi) is 5.09. The zero-order chi connectivity index (χ0) is 24.0. The molecule has 1 aliphatic heterocycles. The van der Waals surface area contributed by atoms with E-state index < -0.39 is 5.97 Å². The highest BCUT2D eigenvalue weighted by Gasteiger charge is 2.29. The fourth-order valence-corrected chi connectivity index (χ4v) is 4.24. The third-order valence-electron chi connectivity index (χ3n) is 6.05. The highest BCUT2D eigenvalue weighted by Crippen LogP contribution is 2.29.